The van der Waals surface area contributed by atoms with E-state index in [4.69, 9.17) is 0 Å². The van der Waals surface area contributed by atoms with Crippen molar-refractivity contribution < 1.29 is 0 Å². The van der Waals surface area contributed by atoms with E-state index in [1.807, 2.05) is 12.3 Å². The number of fused-ring (bicyclic) bond motifs is 2. The van der Waals surface area contributed by atoms with Crippen LogP contribution in [0, 0.1) is 0 Å². The normalized spacial score (nSPS) is 29.9. The molecule has 19 heavy (non-hydrogen) atoms. The maximum atomic E-state index is 4.43. The van der Waals surface area contributed by atoms with E-state index in [2.05, 4.69) is 34.3 Å². The zero-order valence-electron chi connectivity index (χ0n) is 11.9. The van der Waals surface area contributed by atoms with Crippen molar-refractivity contribution in [3.63, 3.8) is 0 Å². The topological polar surface area (TPSA) is 28.2 Å². The van der Waals surface area contributed by atoms with E-state index in [0.717, 1.165) is 37.6 Å². The summed E-state index contributed by atoms with van der Waals surface area (Å²) >= 11 is 0. The first-order valence-corrected chi connectivity index (χ1v) is 7.75. The minimum Gasteiger partial charge on any atom is -0.311 e. The van der Waals surface area contributed by atoms with E-state index in [0.29, 0.717) is 0 Å². The van der Waals surface area contributed by atoms with Gasteiger partial charge in [0.15, 0.2) is 0 Å². The van der Waals surface area contributed by atoms with Crippen molar-refractivity contribution in [1.82, 2.24) is 15.2 Å². The highest BCUT2D eigenvalue weighted by molar-refractivity contribution is 5.04. The van der Waals surface area contributed by atoms with E-state index >= 15 is 0 Å². The highest BCUT2D eigenvalue weighted by atomic mass is 15.2. The summed E-state index contributed by atoms with van der Waals surface area (Å²) in [6, 6.07) is 8.57. The number of aromatic nitrogens is 1. The molecule has 2 fully saturated rings. The van der Waals surface area contributed by atoms with Crippen molar-refractivity contribution in [2.45, 2.75) is 57.2 Å². The van der Waals surface area contributed by atoms with Gasteiger partial charge in [0, 0.05) is 43.0 Å². The van der Waals surface area contributed by atoms with Crippen LogP contribution in [-0.2, 0) is 6.42 Å². The summed E-state index contributed by atoms with van der Waals surface area (Å²) in [4.78, 5) is 7.10. The predicted molar refractivity (Wildman–Crippen MR) is 78.2 cm³/mol. The summed E-state index contributed by atoms with van der Waals surface area (Å²) < 4.78 is 0. The average Bonchev–Trinajstić information content (AvgIpc) is 2.79. The molecular formula is C16H25N3. The highest BCUT2D eigenvalue weighted by Gasteiger charge is 2.35. The van der Waals surface area contributed by atoms with Crippen LogP contribution in [0.15, 0.2) is 24.4 Å². The Morgan fingerprint density at radius 2 is 2.05 bits per heavy atom. The van der Waals surface area contributed by atoms with Gasteiger partial charge in [-0.3, -0.25) is 4.98 Å². The summed E-state index contributed by atoms with van der Waals surface area (Å²) in [7, 11) is 0. The van der Waals surface area contributed by atoms with Gasteiger partial charge in [-0.1, -0.05) is 13.0 Å². The van der Waals surface area contributed by atoms with Crippen LogP contribution >= 0.6 is 0 Å². The number of hydrogen-bond acceptors (Lipinski definition) is 3. The van der Waals surface area contributed by atoms with Crippen molar-refractivity contribution in [3.8, 4) is 0 Å². The molecule has 0 amide bonds. The van der Waals surface area contributed by atoms with Gasteiger partial charge in [-0.15, -0.1) is 0 Å². The maximum Gasteiger partial charge on any atom is 0.0416 e. The number of nitrogens with zero attached hydrogens (tertiary/aromatic N) is 2. The first-order valence-electron chi connectivity index (χ1n) is 7.75. The molecule has 2 aliphatic rings. The monoisotopic (exact) mass is 259 g/mol. The molecular weight excluding hydrogens is 234 g/mol. The van der Waals surface area contributed by atoms with Gasteiger partial charge in [-0.25, -0.2) is 0 Å². The number of hydrogen-bond donors (Lipinski definition) is 1. The number of likely N-dealkylation sites (N-methyl/N-ethyl adjacent to an activating group) is 1. The first-order chi connectivity index (χ1) is 9.35. The summed E-state index contributed by atoms with van der Waals surface area (Å²) in [6.45, 7) is 4.61. The molecule has 2 bridgehead atoms. The molecule has 3 nitrogen and oxygen atoms in total. The molecule has 0 saturated carbocycles. The second-order valence-corrected chi connectivity index (χ2v) is 5.96. The van der Waals surface area contributed by atoms with Gasteiger partial charge in [-0.05, 0) is 44.4 Å². The Kier molecular flexibility index (Phi) is 4.14. The van der Waals surface area contributed by atoms with Gasteiger partial charge in [-0.2, -0.15) is 0 Å². The predicted octanol–water partition coefficient (Wildman–Crippen LogP) is 2.23. The van der Waals surface area contributed by atoms with Crippen molar-refractivity contribution in [3.05, 3.63) is 30.1 Å². The third-order valence-corrected chi connectivity index (χ3v) is 4.75. The molecule has 2 aliphatic heterocycles. The van der Waals surface area contributed by atoms with E-state index in [9.17, 15) is 0 Å². The molecule has 2 saturated heterocycles. The van der Waals surface area contributed by atoms with Gasteiger partial charge in [0.25, 0.3) is 0 Å². The van der Waals surface area contributed by atoms with Gasteiger partial charge >= 0.3 is 0 Å². The molecule has 104 valence electrons. The quantitative estimate of drug-likeness (QED) is 0.879. The largest absolute Gasteiger partial charge is 0.311 e. The van der Waals surface area contributed by atoms with Crippen LogP contribution in [-0.4, -0.2) is 41.1 Å². The Morgan fingerprint density at radius 3 is 2.68 bits per heavy atom. The molecule has 0 spiro atoms. The Balaban J connectivity index is 1.55. The van der Waals surface area contributed by atoms with E-state index in [1.54, 1.807) is 0 Å². The lowest BCUT2D eigenvalue weighted by molar-refractivity contribution is 0.149. The fraction of sp³-hybridized carbons (Fsp3) is 0.688. The lowest BCUT2D eigenvalue weighted by atomic mass is 9.98. The highest BCUT2D eigenvalue weighted by Crippen LogP contribution is 2.29. The van der Waals surface area contributed by atoms with Gasteiger partial charge in [0.2, 0.25) is 0 Å². The van der Waals surface area contributed by atoms with Crippen LogP contribution < -0.4 is 5.32 Å². The van der Waals surface area contributed by atoms with E-state index in [1.165, 1.54) is 31.4 Å². The molecule has 3 rings (SSSR count). The fourth-order valence-corrected chi connectivity index (χ4v) is 3.73. The molecule has 1 N–H and O–H groups in total. The number of piperidine rings is 1. The second-order valence-electron chi connectivity index (χ2n) is 5.96. The van der Waals surface area contributed by atoms with Crippen molar-refractivity contribution in [2.75, 3.05) is 13.1 Å². The van der Waals surface area contributed by atoms with Gasteiger partial charge in [0.05, 0.1) is 0 Å². The van der Waals surface area contributed by atoms with Gasteiger partial charge < -0.3 is 10.2 Å². The average molecular weight is 259 g/mol. The summed E-state index contributed by atoms with van der Waals surface area (Å²) in [5, 5.41) is 3.73. The van der Waals surface area contributed by atoms with E-state index < -0.39 is 0 Å². The van der Waals surface area contributed by atoms with Crippen molar-refractivity contribution in [2.24, 2.45) is 0 Å². The molecule has 2 unspecified atom stereocenters. The minimum atomic E-state index is 0.785. The molecule has 3 heteroatoms. The lowest BCUT2D eigenvalue weighted by Crippen LogP contribution is -2.48. The van der Waals surface area contributed by atoms with Crippen molar-refractivity contribution >= 4 is 0 Å². The number of pyridine rings is 1. The third-order valence-electron chi connectivity index (χ3n) is 4.75. The molecule has 0 aliphatic carbocycles. The van der Waals surface area contributed by atoms with Crippen LogP contribution in [0.2, 0.25) is 0 Å². The Labute approximate surface area is 116 Å². The van der Waals surface area contributed by atoms with Crippen LogP contribution in [0.4, 0.5) is 0 Å². The Morgan fingerprint density at radius 1 is 1.26 bits per heavy atom. The van der Waals surface area contributed by atoms with Gasteiger partial charge in [0.1, 0.15) is 0 Å². The Hall–Kier alpha value is -0.930. The molecule has 0 aromatic carbocycles. The number of nitrogens with one attached hydrogen (secondary N) is 1. The zero-order chi connectivity index (χ0) is 13.1. The fourth-order valence-electron chi connectivity index (χ4n) is 3.73. The lowest BCUT2D eigenvalue weighted by Gasteiger charge is -2.37. The summed E-state index contributed by atoms with van der Waals surface area (Å²) in [6.07, 6.45) is 8.43. The molecule has 0 radical (unpaired) electrons. The SMILES string of the molecule is CCN(CCc1ccccn1)C1CC2CCC(C1)N2. The maximum absolute atomic E-state index is 4.43. The van der Waals surface area contributed by atoms with Crippen LogP contribution in [0.1, 0.15) is 38.3 Å². The van der Waals surface area contributed by atoms with E-state index in [-0.39, 0.29) is 0 Å². The van der Waals surface area contributed by atoms with Crippen LogP contribution in [0.5, 0.6) is 0 Å². The standard InChI is InChI=1S/C16H25N3/c1-2-19(10-8-13-5-3-4-9-17-13)16-11-14-6-7-15(12-16)18-14/h3-5,9,14-16,18H,2,6-8,10-12H2,1H3. The molecule has 1 aromatic heterocycles. The Bertz CT molecular complexity index is 380. The van der Waals surface area contributed by atoms with Crippen LogP contribution in [0.25, 0.3) is 0 Å². The summed E-state index contributed by atoms with van der Waals surface area (Å²) in [5.74, 6) is 0. The molecule has 2 atom stereocenters. The smallest absolute Gasteiger partial charge is 0.0416 e. The summed E-state index contributed by atoms with van der Waals surface area (Å²) in [5.41, 5.74) is 1.22. The number of rotatable bonds is 5. The first kappa shape index (κ1) is 13.1. The molecule has 3 heterocycles. The second kappa shape index (κ2) is 6.02. The van der Waals surface area contributed by atoms with Crippen molar-refractivity contribution in [1.29, 1.82) is 0 Å². The molecule has 1 aromatic rings. The van der Waals surface area contributed by atoms with Crippen LogP contribution in [0.3, 0.4) is 0 Å². The zero-order valence-corrected chi connectivity index (χ0v) is 11.9. The third kappa shape index (κ3) is 3.15. The minimum absolute atomic E-state index is 0.785.